The summed E-state index contributed by atoms with van der Waals surface area (Å²) in [7, 11) is -3.80. The molecular weight excluding hydrogens is 622 g/mol. The van der Waals surface area contributed by atoms with Crippen molar-refractivity contribution < 1.29 is 18.0 Å². The van der Waals surface area contributed by atoms with E-state index in [1.54, 1.807) is 24.3 Å². The van der Waals surface area contributed by atoms with Crippen molar-refractivity contribution >= 4 is 59.4 Å². The fourth-order valence-corrected chi connectivity index (χ4v) is 5.60. The number of sulfonamides is 1. The molecule has 196 valence electrons. The predicted octanol–water partition coefficient (Wildman–Crippen LogP) is 4.75. The number of carbonyl (C=O) groups is 2. The zero-order valence-corrected chi connectivity index (χ0v) is 24.6. The summed E-state index contributed by atoms with van der Waals surface area (Å²) >= 11 is 6.83. The van der Waals surface area contributed by atoms with E-state index in [1.807, 2.05) is 61.5 Å². The summed E-state index contributed by atoms with van der Waals surface area (Å²) in [5, 5.41) is 2.84. The maximum atomic E-state index is 13.9. The van der Waals surface area contributed by atoms with E-state index < -0.39 is 28.5 Å². The van der Waals surface area contributed by atoms with Gasteiger partial charge in [0, 0.05) is 28.5 Å². The number of halogens is 2. The summed E-state index contributed by atoms with van der Waals surface area (Å²) in [6.07, 6.45) is 1.34. The lowest BCUT2D eigenvalue weighted by atomic mass is 10.0. The lowest BCUT2D eigenvalue weighted by molar-refractivity contribution is -0.140. The molecule has 0 heterocycles. The van der Waals surface area contributed by atoms with Gasteiger partial charge in [-0.15, -0.1) is 0 Å². The van der Waals surface area contributed by atoms with Crippen LogP contribution in [0.25, 0.3) is 0 Å². The van der Waals surface area contributed by atoms with Crippen LogP contribution in [-0.2, 0) is 32.6 Å². The van der Waals surface area contributed by atoms with Crippen LogP contribution in [0.1, 0.15) is 18.1 Å². The first-order chi connectivity index (χ1) is 17.6. The van der Waals surface area contributed by atoms with Crippen molar-refractivity contribution in [1.82, 2.24) is 10.2 Å². The molecule has 10 heteroatoms. The van der Waals surface area contributed by atoms with Crippen LogP contribution in [0.4, 0.5) is 5.69 Å². The molecule has 0 fully saturated rings. The molecule has 3 aromatic rings. The number of hydrogen-bond acceptors (Lipinski definition) is 4. The molecule has 0 unspecified atom stereocenters. The molecule has 3 aromatic carbocycles. The second-order valence-corrected chi connectivity index (χ2v) is 12.2. The Morgan fingerprint density at radius 3 is 2.11 bits per heavy atom. The van der Waals surface area contributed by atoms with Gasteiger partial charge in [-0.05, 0) is 48.4 Å². The lowest BCUT2D eigenvalue weighted by Crippen LogP contribution is -2.53. The smallest absolute Gasteiger partial charge is 0.244 e. The summed E-state index contributed by atoms with van der Waals surface area (Å²) < 4.78 is 28.1. The zero-order valence-electron chi connectivity index (χ0n) is 20.6. The van der Waals surface area contributed by atoms with Gasteiger partial charge in [0.05, 0.1) is 11.9 Å². The van der Waals surface area contributed by atoms with Crippen molar-refractivity contribution in [2.45, 2.75) is 25.9 Å². The van der Waals surface area contributed by atoms with Gasteiger partial charge in [-0.3, -0.25) is 13.9 Å². The highest BCUT2D eigenvalue weighted by molar-refractivity contribution is 9.10. The summed E-state index contributed by atoms with van der Waals surface area (Å²) in [6, 6.07) is 22.8. The quantitative estimate of drug-likeness (QED) is 0.325. The molecule has 3 rings (SSSR count). The number of nitrogens with zero attached hydrogens (tertiary/aromatic N) is 2. The molecule has 0 bridgehead atoms. The summed E-state index contributed by atoms with van der Waals surface area (Å²) in [5.41, 5.74) is 2.04. The number of anilines is 1. The van der Waals surface area contributed by atoms with Crippen LogP contribution in [-0.4, -0.2) is 50.5 Å². The van der Waals surface area contributed by atoms with E-state index in [0.29, 0.717) is 16.7 Å². The van der Waals surface area contributed by atoms with Gasteiger partial charge in [0.1, 0.15) is 12.6 Å². The average molecular weight is 651 g/mol. The molecule has 0 aliphatic rings. The molecular formula is C27H29Br2N3O4S. The number of nitrogens with one attached hydrogen (secondary N) is 1. The molecule has 2 amide bonds. The normalized spacial score (nSPS) is 12.0. The molecule has 0 aliphatic carbocycles. The summed E-state index contributed by atoms with van der Waals surface area (Å²) in [5.74, 6) is -0.791. The van der Waals surface area contributed by atoms with Crippen molar-refractivity contribution in [1.29, 1.82) is 0 Å². The van der Waals surface area contributed by atoms with E-state index in [4.69, 9.17) is 0 Å². The molecule has 0 radical (unpaired) electrons. The van der Waals surface area contributed by atoms with Crippen LogP contribution in [0, 0.1) is 0 Å². The van der Waals surface area contributed by atoms with Crippen molar-refractivity contribution in [2.24, 2.45) is 0 Å². The minimum atomic E-state index is -3.80. The standard InChI is InChI=1S/C27H29Br2N3O4S/c1-3-30-27(34)25(16-20-9-5-4-6-10-20)31(18-21-11-7-12-22(28)15-21)26(33)19-32(37(2,35)36)24-14-8-13-23(29)17-24/h4-15,17,25H,3,16,18-19H2,1-2H3,(H,30,34)/t25-/m1/s1. The number of hydrogen-bond donors (Lipinski definition) is 1. The third kappa shape index (κ3) is 8.41. The molecule has 37 heavy (non-hydrogen) atoms. The van der Waals surface area contributed by atoms with Gasteiger partial charge >= 0.3 is 0 Å². The van der Waals surface area contributed by atoms with Crippen LogP contribution in [0.2, 0.25) is 0 Å². The van der Waals surface area contributed by atoms with E-state index in [-0.39, 0.29) is 18.9 Å². The number of amides is 2. The number of benzene rings is 3. The van der Waals surface area contributed by atoms with Crippen LogP contribution in [0.5, 0.6) is 0 Å². The molecule has 0 aromatic heterocycles. The van der Waals surface area contributed by atoms with Crippen molar-refractivity contribution in [3.8, 4) is 0 Å². The van der Waals surface area contributed by atoms with Gasteiger partial charge in [0.25, 0.3) is 0 Å². The second kappa shape index (κ2) is 13.2. The fourth-order valence-electron chi connectivity index (χ4n) is 3.92. The Morgan fingerprint density at radius 1 is 0.892 bits per heavy atom. The molecule has 1 N–H and O–H groups in total. The molecule has 7 nitrogen and oxygen atoms in total. The third-order valence-electron chi connectivity index (χ3n) is 5.64. The van der Waals surface area contributed by atoms with Crippen molar-refractivity contribution in [3.05, 3.63) is 98.9 Å². The number of rotatable bonds is 11. The molecule has 1 atom stereocenters. The van der Waals surface area contributed by atoms with E-state index in [2.05, 4.69) is 37.2 Å². The highest BCUT2D eigenvalue weighted by Crippen LogP contribution is 2.24. The van der Waals surface area contributed by atoms with E-state index in [9.17, 15) is 18.0 Å². The van der Waals surface area contributed by atoms with Gasteiger partial charge in [0.2, 0.25) is 21.8 Å². The zero-order chi connectivity index (χ0) is 27.0. The van der Waals surface area contributed by atoms with Crippen LogP contribution in [0.15, 0.2) is 87.8 Å². The van der Waals surface area contributed by atoms with E-state index >= 15 is 0 Å². The minimum Gasteiger partial charge on any atom is -0.355 e. The molecule has 0 spiro atoms. The summed E-state index contributed by atoms with van der Waals surface area (Å²) in [6.45, 7) is 1.89. The van der Waals surface area contributed by atoms with Gasteiger partial charge in [-0.25, -0.2) is 8.42 Å². The highest BCUT2D eigenvalue weighted by atomic mass is 79.9. The third-order valence-corrected chi connectivity index (χ3v) is 7.77. The Balaban J connectivity index is 2.04. The van der Waals surface area contributed by atoms with Gasteiger partial charge in [-0.2, -0.15) is 0 Å². The topological polar surface area (TPSA) is 86.8 Å². The van der Waals surface area contributed by atoms with E-state index in [0.717, 1.165) is 26.2 Å². The monoisotopic (exact) mass is 649 g/mol. The van der Waals surface area contributed by atoms with Crippen molar-refractivity contribution in [3.63, 3.8) is 0 Å². The Morgan fingerprint density at radius 2 is 1.51 bits per heavy atom. The summed E-state index contributed by atoms with van der Waals surface area (Å²) in [4.78, 5) is 28.7. The van der Waals surface area contributed by atoms with Gasteiger partial charge in [0.15, 0.2) is 0 Å². The lowest BCUT2D eigenvalue weighted by Gasteiger charge is -2.33. The Hall–Kier alpha value is -2.69. The maximum Gasteiger partial charge on any atom is 0.244 e. The first-order valence-electron chi connectivity index (χ1n) is 11.7. The van der Waals surface area contributed by atoms with Gasteiger partial charge in [-0.1, -0.05) is 80.4 Å². The first kappa shape index (κ1) is 28.9. The number of likely N-dealkylation sites (N-methyl/N-ethyl adjacent to an activating group) is 1. The first-order valence-corrected chi connectivity index (χ1v) is 15.1. The van der Waals surface area contributed by atoms with Crippen molar-refractivity contribution in [2.75, 3.05) is 23.7 Å². The maximum absolute atomic E-state index is 13.9. The Bertz CT molecular complexity index is 1340. The SMILES string of the molecule is CCNC(=O)[C@@H](Cc1ccccc1)N(Cc1cccc(Br)c1)C(=O)CN(c1cccc(Br)c1)S(C)(=O)=O. The molecule has 0 aliphatic heterocycles. The Labute approximate surface area is 235 Å². The van der Waals surface area contributed by atoms with Gasteiger partial charge < -0.3 is 10.2 Å². The number of carbonyl (C=O) groups excluding carboxylic acids is 2. The van der Waals surface area contributed by atoms with Crippen LogP contribution >= 0.6 is 31.9 Å². The largest absolute Gasteiger partial charge is 0.355 e. The second-order valence-electron chi connectivity index (χ2n) is 8.50. The fraction of sp³-hybridized carbons (Fsp3) is 0.259. The highest BCUT2D eigenvalue weighted by Gasteiger charge is 2.32. The van der Waals surface area contributed by atoms with E-state index in [1.165, 1.54) is 4.90 Å². The average Bonchev–Trinajstić information content (AvgIpc) is 2.84. The molecule has 0 saturated heterocycles. The minimum absolute atomic E-state index is 0.128. The van der Waals surface area contributed by atoms with Crippen LogP contribution < -0.4 is 9.62 Å². The Kier molecular flexibility index (Phi) is 10.3. The molecule has 0 saturated carbocycles. The predicted molar refractivity (Wildman–Crippen MR) is 154 cm³/mol. The van der Waals surface area contributed by atoms with Crippen LogP contribution in [0.3, 0.4) is 0 Å².